The summed E-state index contributed by atoms with van der Waals surface area (Å²) in [6.07, 6.45) is -0.901. The van der Waals surface area contributed by atoms with E-state index in [1.165, 1.54) is 29.2 Å². The third-order valence-corrected chi connectivity index (χ3v) is 6.37. The average molecular weight is 499 g/mol. The van der Waals surface area contributed by atoms with Gasteiger partial charge in [0.2, 0.25) is 0 Å². The Hall–Kier alpha value is -3.70. The maximum absolute atomic E-state index is 13.1. The van der Waals surface area contributed by atoms with E-state index >= 15 is 0 Å². The molecule has 11 heteroatoms. The van der Waals surface area contributed by atoms with Gasteiger partial charge < -0.3 is 9.84 Å². The lowest BCUT2D eigenvalue weighted by Gasteiger charge is -2.38. The molecular weight excluding hydrogens is 475 g/mol. The number of alkyl halides is 3. The average Bonchev–Trinajstić information content (AvgIpc) is 3.28. The summed E-state index contributed by atoms with van der Waals surface area (Å²) in [4.78, 5) is 19.6. The summed E-state index contributed by atoms with van der Waals surface area (Å²) in [5, 5.41) is 15.9. The Bertz CT molecular complexity index is 1390. The minimum Gasteiger partial charge on any atom is -0.406 e. The molecule has 188 valence electrons. The molecule has 1 aliphatic rings. The normalized spacial score (nSPS) is 16.3. The summed E-state index contributed by atoms with van der Waals surface area (Å²) in [7, 11) is 0. The lowest BCUT2D eigenvalue weighted by molar-refractivity contribution is -0.274. The summed E-state index contributed by atoms with van der Waals surface area (Å²) < 4.78 is 43.9. The molecule has 1 aliphatic heterocycles. The van der Waals surface area contributed by atoms with Gasteiger partial charge in [-0.05, 0) is 42.7 Å². The predicted octanol–water partition coefficient (Wildman–Crippen LogP) is 3.51. The Labute approximate surface area is 204 Å². The van der Waals surface area contributed by atoms with Gasteiger partial charge in [0.1, 0.15) is 17.5 Å². The van der Waals surface area contributed by atoms with Crippen molar-refractivity contribution >= 4 is 11.0 Å². The van der Waals surface area contributed by atoms with E-state index < -0.39 is 12.0 Å². The number of ether oxygens (including phenoxy) is 1. The number of aliphatic hydroxyl groups is 1. The molecule has 0 saturated carbocycles. The number of hydrogen-bond acceptors (Lipinski definition) is 6. The Morgan fingerprint density at radius 1 is 1.03 bits per heavy atom. The molecule has 5 rings (SSSR count). The van der Waals surface area contributed by atoms with Crippen LogP contribution in [0.2, 0.25) is 0 Å². The molecular formula is C25H24F3N5O3. The lowest BCUT2D eigenvalue weighted by Crippen LogP contribution is -2.47. The van der Waals surface area contributed by atoms with Crippen LogP contribution in [0.5, 0.6) is 5.75 Å². The first-order chi connectivity index (χ1) is 17.2. The molecule has 8 nitrogen and oxygen atoms in total. The number of nitrogens with zero attached hydrogens (tertiary/aromatic N) is 5. The van der Waals surface area contributed by atoms with Crippen molar-refractivity contribution < 1.29 is 23.0 Å². The number of hydrogen-bond donors (Lipinski definition) is 1. The Morgan fingerprint density at radius 3 is 2.39 bits per heavy atom. The van der Waals surface area contributed by atoms with Crippen molar-refractivity contribution in [3.8, 4) is 11.4 Å². The molecule has 1 saturated heterocycles. The SMILES string of the molecule is O=c1c2cnn(-c3ccccc3)c2ncn1CC1(O)CCN(Cc2ccc(OC(F)(F)F)cc2)CC1. The largest absolute Gasteiger partial charge is 0.573 e. The van der Waals surface area contributed by atoms with Crippen LogP contribution >= 0.6 is 0 Å². The van der Waals surface area contributed by atoms with Gasteiger partial charge in [0.25, 0.3) is 5.56 Å². The zero-order valence-electron chi connectivity index (χ0n) is 19.2. The van der Waals surface area contributed by atoms with Crippen molar-refractivity contribution in [3.63, 3.8) is 0 Å². The molecule has 1 fully saturated rings. The van der Waals surface area contributed by atoms with E-state index in [0.29, 0.717) is 43.5 Å². The van der Waals surface area contributed by atoms with Crippen LogP contribution in [0.15, 0.2) is 71.9 Å². The van der Waals surface area contributed by atoms with Gasteiger partial charge in [0.15, 0.2) is 5.65 Å². The first-order valence-corrected chi connectivity index (χ1v) is 11.5. The molecule has 0 aliphatic carbocycles. The lowest BCUT2D eigenvalue weighted by atomic mass is 9.91. The van der Waals surface area contributed by atoms with E-state index in [2.05, 4.69) is 19.7 Å². The molecule has 36 heavy (non-hydrogen) atoms. The van der Waals surface area contributed by atoms with Gasteiger partial charge in [-0.1, -0.05) is 30.3 Å². The number of likely N-dealkylation sites (tertiary alicyclic amines) is 1. The smallest absolute Gasteiger partial charge is 0.406 e. The highest BCUT2D eigenvalue weighted by atomic mass is 19.4. The molecule has 0 bridgehead atoms. The monoisotopic (exact) mass is 499 g/mol. The molecule has 0 atom stereocenters. The number of rotatable bonds is 6. The summed E-state index contributed by atoms with van der Waals surface area (Å²) in [5.41, 5.74) is 0.757. The van der Waals surface area contributed by atoms with Crippen LogP contribution in [0.25, 0.3) is 16.7 Å². The minimum atomic E-state index is -4.72. The van der Waals surface area contributed by atoms with Crippen molar-refractivity contribution in [3.05, 3.63) is 83.0 Å². The zero-order valence-corrected chi connectivity index (χ0v) is 19.2. The van der Waals surface area contributed by atoms with Crippen LogP contribution in [0.1, 0.15) is 18.4 Å². The quantitative estimate of drug-likeness (QED) is 0.437. The van der Waals surface area contributed by atoms with E-state index in [1.807, 2.05) is 30.3 Å². The van der Waals surface area contributed by atoms with Crippen molar-refractivity contribution in [1.82, 2.24) is 24.2 Å². The van der Waals surface area contributed by atoms with Crippen LogP contribution in [0.4, 0.5) is 13.2 Å². The van der Waals surface area contributed by atoms with Crippen molar-refractivity contribution in [2.75, 3.05) is 13.1 Å². The van der Waals surface area contributed by atoms with E-state index in [9.17, 15) is 23.1 Å². The zero-order chi connectivity index (χ0) is 25.3. The maximum Gasteiger partial charge on any atom is 0.573 e. The van der Waals surface area contributed by atoms with Gasteiger partial charge in [-0.25, -0.2) is 9.67 Å². The molecule has 3 heterocycles. The van der Waals surface area contributed by atoms with E-state index in [4.69, 9.17) is 0 Å². The molecule has 0 spiro atoms. The second kappa shape index (κ2) is 9.40. The van der Waals surface area contributed by atoms with Gasteiger partial charge in [-0.15, -0.1) is 13.2 Å². The Balaban J connectivity index is 1.22. The number of fused-ring (bicyclic) bond motifs is 1. The molecule has 2 aromatic carbocycles. The number of aromatic nitrogens is 4. The highest BCUT2D eigenvalue weighted by Crippen LogP contribution is 2.27. The second-order valence-electron chi connectivity index (χ2n) is 9.00. The number of benzene rings is 2. The van der Waals surface area contributed by atoms with Gasteiger partial charge in [0.05, 0.1) is 24.0 Å². The molecule has 2 aromatic heterocycles. The summed E-state index contributed by atoms with van der Waals surface area (Å²) in [6, 6.07) is 15.2. The van der Waals surface area contributed by atoms with Crippen LogP contribution in [-0.4, -0.2) is 54.4 Å². The van der Waals surface area contributed by atoms with E-state index in [0.717, 1.165) is 11.3 Å². The third-order valence-electron chi connectivity index (χ3n) is 6.37. The van der Waals surface area contributed by atoms with Crippen LogP contribution in [0, 0.1) is 0 Å². The van der Waals surface area contributed by atoms with Crippen molar-refractivity contribution in [2.45, 2.75) is 37.9 Å². The predicted molar refractivity (Wildman–Crippen MR) is 126 cm³/mol. The second-order valence-corrected chi connectivity index (χ2v) is 9.00. The summed E-state index contributed by atoms with van der Waals surface area (Å²) >= 11 is 0. The maximum atomic E-state index is 13.1. The standard InChI is InChI=1S/C25H24F3N5O3/c26-25(27,28)36-20-8-6-18(7-9-20)15-31-12-10-24(35,11-13-31)16-32-17-29-22-21(23(32)34)14-30-33(22)19-4-2-1-3-5-19/h1-9,14,17,35H,10-13,15-16H2. The number of para-hydroxylation sites is 1. The summed E-state index contributed by atoms with van der Waals surface area (Å²) in [6.45, 7) is 1.80. The fraction of sp³-hybridized carbons (Fsp3) is 0.320. The van der Waals surface area contributed by atoms with Gasteiger partial charge >= 0.3 is 6.36 Å². The highest BCUT2D eigenvalue weighted by molar-refractivity contribution is 5.74. The molecule has 0 amide bonds. The molecule has 4 aromatic rings. The van der Waals surface area contributed by atoms with Gasteiger partial charge in [-0.3, -0.25) is 14.3 Å². The topological polar surface area (TPSA) is 85.4 Å². The molecule has 0 radical (unpaired) electrons. The molecule has 0 unspecified atom stereocenters. The first kappa shape index (κ1) is 24.0. The van der Waals surface area contributed by atoms with E-state index in [-0.39, 0.29) is 17.9 Å². The number of piperidine rings is 1. The van der Waals surface area contributed by atoms with Gasteiger partial charge in [0, 0.05) is 19.6 Å². The van der Waals surface area contributed by atoms with Crippen LogP contribution in [-0.2, 0) is 13.1 Å². The van der Waals surface area contributed by atoms with E-state index in [1.54, 1.807) is 16.8 Å². The molecule has 1 N–H and O–H groups in total. The van der Waals surface area contributed by atoms with Crippen LogP contribution in [0.3, 0.4) is 0 Å². The Kier molecular flexibility index (Phi) is 6.27. The van der Waals surface area contributed by atoms with Crippen molar-refractivity contribution in [2.24, 2.45) is 0 Å². The summed E-state index contributed by atoms with van der Waals surface area (Å²) in [5.74, 6) is -0.260. The van der Waals surface area contributed by atoms with Crippen molar-refractivity contribution in [1.29, 1.82) is 0 Å². The fourth-order valence-corrected chi connectivity index (χ4v) is 4.48. The third kappa shape index (κ3) is 5.26. The van der Waals surface area contributed by atoms with Gasteiger partial charge in [-0.2, -0.15) is 5.10 Å². The highest BCUT2D eigenvalue weighted by Gasteiger charge is 2.34. The van der Waals surface area contributed by atoms with Crippen LogP contribution < -0.4 is 10.3 Å². The number of halogens is 3. The fourth-order valence-electron chi connectivity index (χ4n) is 4.48. The first-order valence-electron chi connectivity index (χ1n) is 11.5. The minimum absolute atomic E-state index is 0.114. The Morgan fingerprint density at radius 2 is 1.72 bits per heavy atom.